The van der Waals surface area contributed by atoms with Gasteiger partial charge in [-0.2, -0.15) is 13.2 Å². The number of hydrogen-bond acceptors (Lipinski definition) is 3. The Balaban J connectivity index is 2.05. The summed E-state index contributed by atoms with van der Waals surface area (Å²) >= 11 is 0. The van der Waals surface area contributed by atoms with E-state index >= 15 is 0 Å². The molecule has 0 bridgehead atoms. The van der Waals surface area contributed by atoms with E-state index in [4.69, 9.17) is 0 Å². The van der Waals surface area contributed by atoms with Crippen LogP contribution in [-0.4, -0.2) is 24.0 Å². The maximum Gasteiger partial charge on any atom is 0.416 e. The second-order valence-electron chi connectivity index (χ2n) is 5.92. The van der Waals surface area contributed by atoms with Crippen LogP contribution in [0, 0.1) is 0 Å². The minimum atomic E-state index is -4.40. The smallest absolute Gasteiger partial charge is 0.357 e. The molecule has 7 heteroatoms. The van der Waals surface area contributed by atoms with Crippen molar-refractivity contribution in [3.05, 3.63) is 53.7 Å². The molecule has 1 aromatic carbocycles. The summed E-state index contributed by atoms with van der Waals surface area (Å²) in [5.74, 6) is 0.390. The van der Waals surface area contributed by atoms with Crippen LogP contribution in [0.15, 0.2) is 42.6 Å². The minimum Gasteiger partial charge on any atom is -0.357 e. The molecule has 1 N–H and O–H groups in total. The van der Waals surface area contributed by atoms with Crippen molar-refractivity contribution in [2.75, 3.05) is 23.3 Å². The minimum absolute atomic E-state index is 0.297. The zero-order valence-electron chi connectivity index (χ0n) is 14.8. The molecule has 26 heavy (non-hydrogen) atoms. The number of rotatable bonds is 7. The number of amides is 1. The Morgan fingerprint density at radius 1 is 1.04 bits per heavy atom. The van der Waals surface area contributed by atoms with Crippen molar-refractivity contribution < 1.29 is 18.0 Å². The van der Waals surface area contributed by atoms with Gasteiger partial charge < -0.3 is 10.2 Å². The fourth-order valence-electron chi connectivity index (χ4n) is 2.53. The van der Waals surface area contributed by atoms with Gasteiger partial charge in [0.1, 0.15) is 5.82 Å². The van der Waals surface area contributed by atoms with Crippen LogP contribution in [0.5, 0.6) is 0 Å². The summed E-state index contributed by atoms with van der Waals surface area (Å²) in [6.07, 6.45) is -0.923. The molecule has 1 amide bonds. The van der Waals surface area contributed by atoms with E-state index < -0.39 is 17.6 Å². The zero-order chi connectivity index (χ0) is 19.2. The van der Waals surface area contributed by atoms with Crippen LogP contribution < -0.4 is 10.2 Å². The van der Waals surface area contributed by atoms with E-state index in [0.29, 0.717) is 11.3 Å². The van der Waals surface area contributed by atoms with Crippen LogP contribution in [0.3, 0.4) is 0 Å². The van der Waals surface area contributed by atoms with Gasteiger partial charge in [0.25, 0.3) is 5.91 Å². The van der Waals surface area contributed by atoms with Gasteiger partial charge in [0, 0.05) is 25.0 Å². The van der Waals surface area contributed by atoms with Gasteiger partial charge in [0.15, 0.2) is 0 Å². The molecular weight excluding hydrogens is 343 g/mol. The van der Waals surface area contributed by atoms with E-state index in [1.807, 2.05) is 0 Å². The van der Waals surface area contributed by atoms with E-state index in [1.165, 1.54) is 18.3 Å². The van der Waals surface area contributed by atoms with Crippen LogP contribution in [0.4, 0.5) is 24.7 Å². The molecule has 2 aromatic rings. The summed E-state index contributed by atoms with van der Waals surface area (Å²) in [4.78, 5) is 18.7. The molecule has 0 saturated carbocycles. The number of pyridine rings is 1. The predicted octanol–water partition coefficient (Wildman–Crippen LogP) is 4.98. The lowest BCUT2D eigenvalue weighted by atomic mass is 10.2. The maximum atomic E-state index is 12.6. The normalized spacial score (nSPS) is 11.3. The molecule has 0 saturated heterocycles. The van der Waals surface area contributed by atoms with E-state index in [-0.39, 0.29) is 0 Å². The number of aromatic nitrogens is 1. The van der Waals surface area contributed by atoms with Gasteiger partial charge in [0.05, 0.1) is 11.1 Å². The summed E-state index contributed by atoms with van der Waals surface area (Å²) in [6, 6.07) is 7.78. The first-order valence-corrected chi connectivity index (χ1v) is 8.54. The van der Waals surface area contributed by atoms with Gasteiger partial charge in [-0.1, -0.05) is 13.8 Å². The lowest BCUT2D eigenvalue weighted by Gasteiger charge is -2.22. The zero-order valence-corrected chi connectivity index (χ0v) is 14.8. The van der Waals surface area contributed by atoms with Gasteiger partial charge in [0.2, 0.25) is 0 Å². The Kier molecular flexibility index (Phi) is 6.60. The molecule has 0 radical (unpaired) electrons. The van der Waals surface area contributed by atoms with Gasteiger partial charge in [-0.25, -0.2) is 4.98 Å². The Bertz CT molecular complexity index is 706. The monoisotopic (exact) mass is 365 g/mol. The fraction of sp³-hybridized carbons (Fsp3) is 0.368. The van der Waals surface area contributed by atoms with Crippen molar-refractivity contribution in [1.29, 1.82) is 0 Å². The van der Waals surface area contributed by atoms with Crippen LogP contribution in [0.1, 0.15) is 42.6 Å². The number of nitrogens with one attached hydrogen (secondary N) is 1. The summed E-state index contributed by atoms with van der Waals surface area (Å²) in [7, 11) is 0. The number of benzene rings is 1. The number of hydrogen-bond donors (Lipinski definition) is 1. The molecular formula is C19H22F3N3O. The average molecular weight is 365 g/mol. The third-order valence-corrected chi connectivity index (χ3v) is 3.79. The molecule has 0 aliphatic carbocycles. The van der Waals surface area contributed by atoms with E-state index in [2.05, 4.69) is 29.0 Å². The van der Waals surface area contributed by atoms with Gasteiger partial charge in [-0.15, -0.1) is 0 Å². The van der Waals surface area contributed by atoms with Crippen molar-refractivity contribution in [3.63, 3.8) is 0 Å². The maximum absolute atomic E-state index is 12.6. The Morgan fingerprint density at radius 2 is 1.65 bits per heavy atom. The van der Waals surface area contributed by atoms with Crippen LogP contribution >= 0.6 is 0 Å². The van der Waals surface area contributed by atoms with Crippen LogP contribution in [-0.2, 0) is 6.18 Å². The molecule has 0 unspecified atom stereocenters. The molecule has 0 atom stereocenters. The van der Waals surface area contributed by atoms with Crippen molar-refractivity contribution >= 4 is 17.4 Å². The number of alkyl halides is 3. The Hall–Kier alpha value is -2.57. The summed E-state index contributed by atoms with van der Waals surface area (Å²) in [6.45, 7) is 5.96. The predicted molar refractivity (Wildman–Crippen MR) is 96.4 cm³/mol. The largest absolute Gasteiger partial charge is 0.416 e. The Morgan fingerprint density at radius 3 is 2.12 bits per heavy atom. The average Bonchev–Trinajstić information content (AvgIpc) is 2.61. The first-order valence-electron chi connectivity index (χ1n) is 8.54. The molecule has 1 heterocycles. The molecule has 2 rings (SSSR count). The number of carbonyl (C=O) groups is 1. The van der Waals surface area contributed by atoms with Crippen molar-refractivity contribution in [1.82, 2.24) is 4.98 Å². The van der Waals surface area contributed by atoms with Gasteiger partial charge in [-0.05, 0) is 49.2 Å². The van der Waals surface area contributed by atoms with E-state index in [1.54, 1.807) is 12.1 Å². The van der Waals surface area contributed by atoms with Crippen molar-refractivity contribution in [2.45, 2.75) is 32.9 Å². The second kappa shape index (κ2) is 8.69. The summed E-state index contributed by atoms with van der Waals surface area (Å²) in [5, 5.41) is 2.58. The number of nitrogens with zero attached hydrogens (tertiary/aromatic N) is 2. The number of anilines is 2. The molecule has 0 spiro atoms. The first kappa shape index (κ1) is 19.8. The highest BCUT2D eigenvalue weighted by atomic mass is 19.4. The highest BCUT2D eigenvalue weighted by molar-refractivity contribution is 6.04. The number of halogens is 3. The SMILES string of the molecule is CCCN(CCC)c1ccc(C(=O)Nc2ccc(C(F)(F)F)cc2)cn1. The standard InChI is InChI=1S/C19H22F3N3O/c1-3-11-25(12-4-2)17-10-5-14(13-23-17)18(26)24-16-8-6-15(7-9-16)19(20,21)22/h5-10,13H,3-4,11-12H2,1-2H3,(H,24,26). The first-order chi connectivity index (χ1) is 12.3. The van der Waals surface area contributed by atoms with E-state index in [0.717, 1.165) is 43.9 Å². The second-order valence-corrected chi connectivity index (χ2v) is 5.92. The molecule has 0 aliphatic heterocycles. The summed E-state index contributed by atoms with van der Waals surface area (Å²) < 4.78 is 37.7. The van der Waals surface area contributed by atoms with Gasteiger partial charge in [-0.3, -0.25) is 4.79 Å². The van der Waals surface area contributed by atoms with E-state index in [9.17, 15) is 18.0 Å². The third kappa shape index (κ3) is 5.21. The third-order valence-electron chi connectivity index (χ3n) is 3.79. The number of carbonyl (C=O) groups excluding carboxylic acids is 1. The molecule has 140 valence electrons. The van der Waals surface area contributed by atoms with Crippen molar-refractivity contribution in [2.24, 2.45) is 0 Å². The lowest BCUT2D eigenvalue weighted by Crippen LogP contribution is -2.26. The Labute approximate surface area is 151 Å². The molecule has 4 nitrogen and oxygen atoms in total. The molecule has 1 aromatic heterocycles. The topological polar surface area (TPSA) is 45.2 Å². The fourth-order valence-corrected chi connectivity index (χ4v) is 2.53. The molecule has 0 aliphatic rings. The van der Waals surface area contributed by atoms with Crippen LogP contribution in [0.25, 0.3) is 0 Å². The molecule has 0 fully saturated rings. The van der Waals surface area contributed by atoms with Crippen molar-refractivity contribution in [3.8, 4) is 0 Å². The van der Waals surface area contributed by atoms with Crippen LogP contribution in [0.2, 0.25) is 0 Å². The highest BCUT2D eigenvalue weighted by Crippen LogP contribution is 2.29. The highest BCUT2D eigenvalue weighted by Gasteiger charge is 2.30. The lowest BCUT2D eigenvalue weighted by molar-refractivity contribution is -0.137. The van der Waals surface area contributed by atoms with Gasteiger partial charge >= 0.3 is 6.18 Å². The summed E-state index contributed by atoms with van der Waals surface area (Å²) in [5.41, 5.74) is -0.110. The quantitative estimate of drug-likeness (QED) is 0.753.